The van der Waals surface area contributed by atoms with Gasteiger partial charge in [0.25, 0.3) is 0 Å². The number of aromatic nitrogens is 5. The quantitative estimate of drug-likeness (QED) is 0.781. The SMILES string of the molecule is S=c1[nH]nc(-c2ccnnc2)n1C1CC1. The number of nitrogens with one attached hydrogen (secondary N) is 1. The van der Waals surface area contributed by atoms with Gasteiger partial charge in [-0.15, -0.1) is 0 Å². The van der Waals surface area contributed by atoms with Crippen molar-refractivity contribution in [2.75, 3.05) is 0 Å². The van der Waals surface area contributed by atoms with Crippen LogP contribution in [-0.4, -0.2) is 25.0 Å². The zero-order valence-electron chi connectivity index (χ0n) is 7.92. The second-order valence-corrected chi connectivity index (χ2v) is 3.97. The van der Waals surface area contributed by atoms with E-state index in [-0.39, 0.29) is 0 Å². The molecular weight excluding hydrogens is 210 g/mol. The molecule has 1 N–H and O–H groups in total. The van der Waals surface area contributed by atoms with E-state index in [1.165, 1.54) is 12.8 Å². The molecule has 0 radical (unpaired) electrons. The predicted octanol–water partition coefficient (Wildman–Crippen LogP) is 1.73. The Labute approximate surface area is 91.2 Å². The molecule has 0 unspecified atom stereocenters. The summed E-state index contributed by atoms with van der Waals surface area (Å²) in [4.78, 5) is 0. The van der Waals surface area contributed by atoms with Crippen LogP contribution in [-0.2, 0) is 0 Å². The highest BCUT2D eigenvalue weighted by molar-refractivity contribution is 7.71. The molecule has 0 aliphatic heterocycles. The van der Waals surface area contributed by atoms with Gasteiger partial charge in [0.2, 0.25) is 0 Å². The Hall–Kier alpha value is -1.56. The first kappa shape index (κ1) is 8.72. The third-order valence-corrected chi connectivity index (χ3v) is 2.75. The smallest absolute Gasteiger partial charge is 0.195 e. The summed E-state index contributed by atoms with van der Waals surface area (Å²) in [5.74, 6) is 0.859. The molecule has 0 bridgehead atoms. The van der Waals surface area contributed by atoms with Crippen molar-refractivity contribution in [2.45, 2.75) is 18.9 Å². The van der Waals surface area contributed by atoms with Gasteiger partial charge in [-0.25, -0.2) is 0 Å². The molecule has 1 saturated carbocycles. The van der Waals surface area contributed by atoms with E-state index in [1.54, 1.807) is 12.4 Å². The molecule has 76 valence electrons. The van der Waals surface area contributed by atoms with Gasteiger partial charge in [-0.3, -0.25) is 9.67 Å². The fraction of sp³-hybridized carbons (Fsp3) is 0.333. The van der Waals surface area contributed by atoms with E-state index >= 15 is 0 Å². The topological polar surface area (TPSA) is 59.4 Å². The lowest BCUT2D eigenvalue weighted by Crippen LogP contribution is -1.97. The first-order valence-corrected chi connectivity index (χ1v) is 5.21. The minimum atomic E-state index is 0.513. The first-order valence-electron chi connectivity index (χ1n) is 4.80. The number of rotatable bonds is 2. The second kappa shape index (κ2) is 3.23. The van der Waals surface area contributed by atoms with Crippen LogP contribution in [0.25, 0.3) is 11.4 Å². The molecule has 15 heavy (non-hydrogen) atoms. The van der Waals surface area contributed by atoms with Crippen molar-refractivity contribution >= 4 is 12.2 Å². The molecule has 5 nitrogen and oxygen atoms in total. The van der Waals surface area contributed by atoms with Crippen LogP contribution in [0, 0.1) is 4.77 Å². The van der Waals surface area contributed by atoms with Crippen molar-refractivity contribution in [3.05, 3.63) is 23.2 Å². The summed E-state index contributed by atoms with van der Waals surface area (Å²) in [6.07, 6.45) is 5.72. The average Bonchev–Trinajstić information content (AvgIpc) is 3.03. The zero-order valence-corrected chi connectivity index (χ0v) is 8.74. The van der Waals surface area contributed by atoms with Crippen molar-refractivity contribution in [1.82, 2.24) is 25.0 Å². The number of aromatic amines is 1. The molecule has 1 aliphatic carbocycles. The number of H-pyrrole nitrogens is 1. The van der Waals surface area contributed by atoms with Gasteiger partial charge in [0.15, 0.2) is 10.6 Å². The molecule has 1 fully saturated rings. The minimum absolute atomic E-state index is 0.513. The standard InChI is InChI=1S/C9H9N5S/c15-9-13-12-8(14(9)7-1-2-7)6-3-4-10-11-5-6/h3-5,7H,1-2H2,(H,13,15). The lowest BCUT2D eigenvalue weighted by molar-refractivity contribution is 0.734. The van der Waals surface area contributed by atoms with Gasteiger partial charge >= 0.3 is 0 Å². The normalized spacial score (nSPS) is 15.5. The summed E-state index contributed by atoms with van der Waals surface area (Å²) in [6, 6.07) is 2.40. The van der Waals surface area contributed by atoms with Crippen molar-refractivity contribution in [2.24, 2.45) is 0 Å². The summed E-state index contributed by atoms with van der Waals surface area (Å²) in [6.45, 7) is 0. The van der Waals surface area contributed by atoms with Crippen molar-refractivity contribution in [3.63, 3.8) is 0 Å². The van der Waals surface area contributed by atoms with E-state index in [0.29, 0.717) is 10.8 Å². The van der Waals surface area contributed by atoms with Crippen LogP contribution < -0.4 is 0 Å². The average molecular weight is 219 g/mol. The van der Waals surface area contributed by atoms with Gasteiger partial charge in [0.05, 0.1) is 12.4 Å². The maximum atomic E-state index is 5.20. The van der Waals surface area contributed by atoms with Crippen LogP contribution in [0.5, 0.6) is 0 Å². The number of nitrogens with zero attached hydrogens (tertiary/aromatic N) is 4. The Kier molecular flexibility index (Phi) is 1.88. The molecule has 0 amide bonds. The van der Waals surface area contributed by atoms with Crippen LogP contribution in [0.2, 0.25) is 0 Å². The second-order valence-electron chi connectivity index (χ2n) is 3.58. The highest BCUT2D eigenvalue weighted by Gasteiger charge is 2.27. The summed E-state index contributed by atoms with van der Waals surface area (Å²) in [5.41, 5.74) is 0.948. The monoisotopic (exact) mass is 219 g/mol. The number of hydrogen-bond donors (Lipinski definition) is 1. The van der Waals surface area contributed by atoms with E-state index < -0.39 is 0 Å². The Morgan fingerprint density at radius 1 is 1.40 bits per heavy atom. The molecule has 6 heteroatoms. The maximum absolute atomic E-state index is 5.20. The summed E-state index contributed by atoms with van der Waals surface area (Å²) in [7, 11) is 0. The summed E-state index contributed by atoms with van der Waals surface area (Å²) in [5, 5.41) is 14.6. The highest BCUT2D eigenvalue weighted by Crippen LogP contribution is 2.37. The van der Waals surface area contributed by atoms with Crippen molar-refractivity contribution in [3.8, 4) is 11.4 Å². The number of hydrogen-bond acceptors (Lipinski definition) is 4. The Bertz CT molecular complexity index is 525. The third-order valence-electron chi connectivity index (χ3n) is 2.46. The van der Waals surface area contributed by atoms with Crippen LogP contribution in [0.15, 0.2) is 18.5 Å². The molecular formula is C9H9N5S. The van der Waals surface area contributed by atoms with Crippen LogP contribution in [0.4, 0.5) is 0 Å². The lowest BCUT2D eigenvalue weighted by Gasteiger charge is -2.03. The Morgan fingerprint density at radius 3 is 2.93 bits per heavy atom. The van der Waals surface area contributed by atoms with E-state index in [0.717, 1.165) is 11.4 Å². The van der Waals surface area contributed by atoms with Gasteiger partial charge in [0.1, 0.15) is 0 Å². The fourth-order valence-electron chi connectivity index (χ4n) is 1.60. The van der Waals surface area contributed by atoms with Gasteiger partial charge in [-0.05, 0) is 31.1 Å². The molecule has 2 aromatic heterocycles. The van der Waals surface area contributed by atoms with Gasteiger partial charge < -0.3 is 0 Å². The van der Waals surface area contributed by atoms with E-state index in [9.17, 15) is 0 Å². The maximum Gasteiger partial charge on any atom is 0.195 e. The molecule has 3 rings (SSSR count). The lowest BCUT2D eigenvalue weighted by atomic mass is 10.3. The molecule has 1 aliphatic rings. The molecule has 0 saturated heterocycles. The molecule has 0 spiro atoms. The first-order chi connectivity index (χ1) is 7.36. The molecule has 0 aromatic carbocycles. The van der Waals surface area contributed by atoms with E-state index in [4.69, 9.17) is 12.2 Å². The fourth-order valence-corrected chi connectivity index (χ4v) is 1.88. The Balaban J connectivity index is 2.16. The van der Waals surface area contributed by atoms with Crippen LogP contribution in [0.1, 0.15) is 18.9 Å². The third kappa shape index (κ3) is 1.46. The largest absolute Gasteiger partial charge is 0.297 e. The minimum Gasteiger partial charge on any atom is -0.297 e. The highest BCUT2D eigenvalue weighted by atomic mass is 32.1. The van der Waals surface area contributed by atoms with Gasteiger partial charge in [-0.1, -0.05) is 0 Å². The predicted molar refractivity (Wildman–Crippen MR) is 56.7 cm³/mol. The van der Waals surface area contributed by atoms with Crippen LogP contribution >= 0.6 is 12.2 Å². The molecule has 2 heterocycles. The van der Waals surface area contributed by atoms with Crippen LogP contribution in [0.3, 0.4) is 0 Å². The summed E-state index contributed by atoms with van der Waals surface area (Å²) >= 11 is 5.20. The van der Waals surface area contributed by atoms with Crippen molar-refractivity contribution in [1.29, 1.82) is 0 Å². The Morgan fingerprint density at radius 2 is 2.27 bits per heavy atom. The zero-order chi connectivity index (χ0) is 10.3. The van der Waals surface area contributed by atoms with E-state index in [1.807, 2.05) is 6.07 Å². The molecule has 2 aromatic rings. The van der Waals surface area contributed by atoms with Gasteiger partial charge in [0, 0.05) is 11.6 Å². The van der Waals surface area contributed by atoms with Gasteiger partial charge in [-0.2, -0.15) is 15.3 Å². The molecule has 0 atom stereocenters. The van der Waals surface area contributed by atoms with Crippen molar-refractivity contribution < 1.29 is 0 Å². The summed E-state index contributed by atoms with van der Waals surface area (Å²) < 4.78 is 2.75. The van der Waals surface area contributed by atoms with E-state index in [2.05, 4.69) is 25.0 Å².